The van der Waals surface area contributed by atoms with Crippen LogP contribution in [0, 0.1) is 12.7 Å². The minimum atomic E-state index is -2.90. The van der Waals surface area contributed by atoms with E-state index in [1.807, 2.05) is 18.2 Å². The number of benzene rings is 2. The van der Waals surface area contributed by atoms with Crippen molar-refractivity contribution in [2.45, 2.75) is 19.9 Å². The van der Waals surface area contributed by atoms with Crippen LogP contribution in [0.1, 0.15) is 23.4 Å². The maximum Gasteiger partial charge on any atom is 0.314 e. The highest BCUT2D eigenvalue weighted by atomic mass is 19.3. The number of pyridine rings is 1. The van der Waals surface area contributed by atoms with E-state index in [0.717, 1.165) is 17.0 Å². The Balaban J connectivity index is 1.40. The highest BCUT2D eigenvalue weighted by Gasteiger charge is 2.20. The summed E-state index contributed by atoms with van der Waals surface area (Å²) in [6.45, 7) is 1.69. The number of alkyl halides is 2. The number of nitrogens with two attached hydrogens (primary N) is 1. The van der Waals surface area contributed by atoms with Crippen molar-refractivity contribution in [2.75, 3.05) is 5.73 Å². The van der Waals surface area contributed by atoms with E-state index in [1.54, 1.807) is 25.3 Å². The quantitative estimate of drug-likeness (QED) is 0.425. The molecule has 12 heteroatoms. The Morgan fingerprint density at radius 2 is 1.94 bits per heavy atom. The van der Waals surface area contributed by atoms with Crippen molar-refractivity contribution in [3.05, 3.63) is 65.4 Å². The molecule has 0 aliphatic rings. The number of halogens is 3. The predicted molar refractivity (Wildman–Crippen MR) is 111 cm³/mol. The Bertz CT molecular complexity index is 1480. The van der Waals surface area contributed by atoms with Crippen LogP contribution in [0.3, 0.4) is 0 Å². The topological polar surface area (TPSA) is 121 Å². The summed E-state index contributed by atoms with van der Waals surface area (Å²) in [5, 5.41) is 20.1. The maximum absolute atomic E-state index is 14.8. The van der Waals surface area contributed by atoms with Crippen molar-refractivity contribution in [2.24, 2.45) is 0 Å². The molecule has 0 aliphatic heterocycles. The molecule has 2 aromatic carbocycles. The van der Waals surface area contributed by atoms with E-state index in [4.69, 9.17) is 10.2 Å². The molecule has 0 fully saturated rings. The van der Waals surface area contributed by atoms with Gasteiger partial charge in [0.25, 0.3) is 5.89 Å². The molecule has 5 rings (SSSR count). The average Bonchev–Trinajstić information content (AvgIpc) is 3.46. The van der Waals surface area contributed by atoms with Gasteiger partial charge in [0.1, 0.15) is 5.82 Å². The monoisotopic (exact) mass is 452 g/mol. The van der Waals surface area contributed by atoms with Crippen molar-refractivity contribution < 1.29 is 17.6 Å². The van der Waals surface area contributed by atoms with Crippen molar-refractivity contribution >= 4 is 16.6 Å². The van der Waals surface area contributed by atoms with Crippen LogP contribution >= 0.6 is 0 Å². The number of tetrazole rings is 1. The van der Waals surface area contributed by atoms with Gasteiger partial charge >= 0.3 is 6.43 Å². The number of fused-ring (bicyclic) bond motifs is 1. The fourth-order valence-corrected chi connectivity index (χ4v) is 3.39. The molecule has 33 heavy (non-hydrogen) atoms. The Hall–Kier alpha value is -4.35. The molecule has 3 aromatic heterocycles. The zero-order valence-electron chi connectivity index (χ0n) is 17.1. The molecule has 0 spiro atoms. The highest BCUT2D eigenvalue weighted by molar-refractivity contribution is 5.85. The molecule has 166 valence electrons. The van der Waals surface area contributed by atoms with E-state index in [0.29, 0.717) is 22.6 Å². The molecule has 3 heterocycles. The van der Waals surface area contributed by atoms with Gasteiger partial charge in [-0.25, -0.2) is 4.39 Å². The van der Waals surface area contributed by atoms with Gasteiger partial charge in [-0.15, -0.1) is 20.4 Å². The molecule has 0 atom stereocenters. The summed E-state index contributed by atoms with van der Waals surface area (Å²) in [6, 6.07) is 9.98. The van der Waals surface area contributed by atoms with E-state index < -0.39 is 18.1 Å². The number of nitrogens with zero attached hydrogens (tertiary/aromatic N) is 7. The van der Waals surface area contributed by atoms with Gasteiger partial charge in [0.05, 0.1) is 23.9 Å². The number of anilines is 1. The summed E-state index contributed by atoms with van der Waals surface area (Å²) >= 11 is 0. The van der Waals surface area contributed by atoms with Gasteiger partial charge < -0.3 is 10.2 Å². The second kappa shape index (κ2) is 7.97. The third kappa shape index (κ3) is 3.97. The second-order valence-corrected chi connectivity index (χ2v) is 7.32. The maximum atomic E-state index is 14.8. The Morgan fingerprint density at radius 1 is 1.09 bits per heavy atom. The Labute approximate surface area is 184 Å². The summed E-state index contributed by atoms with van der Waals surface area (Å²) < 4.78 is 45.1. The lowest BCUT2D eigenvalue weighted by molar-refractivity contribution is 0.116. The minimum Gasteiger partial charge on any atom is -0.415 e. The third-order valence-electron chi connectivity index (χ3n) is 4.98. The van der Waals surface area contributed by atoms with Crippen molar-refractivity contribution in [3.8, 4) is 22.8 Å². The number of aromatic nitrogens is 7. The van der Waals surface area contributed by atoms with Gasteiger partial charge in [-0.3, -0.25) is 4.98 Å². The Morgan fingerprint density at radius 3 is 2.73 bits per heavy atom. The molecule has 0 saturated carbocycles. The molecule has 0 amide bonds. The highest BCUT2D eigenvalue weighted by Crippen LogP contribution is 2.28. The lowest BCUT2D eigenvalue weighted by Crippen LogP contribution is -2.07. The number of nitrogen functional groups attached to an aromatic ring is 1. The SMILES string of the molecule is Cc1cc(Cn2nnc(-c3ccc4ncc(N)cc4c3)n2)c(F)cc1-c1nnc(C(F)F)o1. The molecule has 0 bridgehead atoms. The number of hydrogen-bond donors (Lipinski definition) is 1. The van der Waals surface area contributed by atoms with Crippen LogP contribution in [-0.4, -0.2) is 35.4 Å². The van der Waals surface area contributed by atoms with Crippen LogP contribution in [0.25, 0.3) is 33.7 Å². The number of aryl methyl sites for hydroxylation is 1. The third-order valence-corrected chi connectivity index (χ3v) is 4.98. The molecule has 5 aromatic rings. The first kappa shape index (κ1) is 20.5. The first-order chi connectivity index (χ1) is 15.9. The van der Waals surface area contributed by atoms with Gasteiger partial charge in [-0.1, -0.05) is 6.07 Å². The van der Waals surface area contributed by atoms with Crippen LogP contribution in [-0.2, 0) is 6.54 Å². The van der Waals surface area contributed by atoms with Crippen LogP contribution in [0.4, 0.5) is 18.9 Å². The molecule has 0 radical (unpaired) electrons. The zero-order chi connectivity index (χ0) is 23.1. The molecule has 0 unspecified atom stereocenters. The molecule has 2 N–H and O–H groups in total. The summed E-state index contributed by atoms with van der Waals surface area (Å²) in [5.74, 6) is -1.24. The number of rotatable bonds is 5. The number of hydrogen-bond acceptors (Lipinski definition) is 8. The fourth-order valence-electron chi connectivity index (χ4n) is 3.39. The lowest BCUT2D eigenvalue weighted by atomic mass is 10.0. The van der Waals surface area contributed by atoms with E-state index in [2.05, 4.69) is 30.6 Å². The first-order valence-corrected chi connectivity index (χ1v) is 9.72. The molecule has 0 saturated heterocycles. The lowest BCUT2D eigenvalue weighted by Gasteiger charge is -2.07. The zero-order valence-corrected chi connectivity index (χ0v) is 17.1. The largest absolute Gasteiger partial charge is 0.415 e. The van der Waals surface area contributed by atoms with Crippen molar-refractivity contribution in [3.63, 3.8) is 0 Å². The summed E-state index contributed by atoms with van der Waals surface area (Å²) in [7, 11) is 0. The average molecular weight is 452 g/mol. The second-order valence-electron chi connectivity index (χ2n) is 7.32. The normalized spacial score (nSPS) is 11.5. The van der Waals surface area contributed by atoms with Crippen LogP contribution in [0.15, 0.2) is 47.0 Å². The van der Waals surface area contributed by atoms with E-state index in [9.17, 15) is 13.2 Å². The predicted octanol–water partition coefficient (Wildman–Crippen LogP) is 3.95. The standard InChI is InChI=1S/C21H15F3N8O/c1-10-4-13(16(22)7-15(10)20-28-29-21(33-20)18(23)24)9-32-30-19(27-31-32)11-2-3-17-12(5-11)6-14(25)8-26-17/h2-8,18H,9,25H2,1H3. The summed E-state index contributed by atoms with van der Waals surface area (Å²) in [4.78, 5) is 5.51. The molecule has 9 nitrogen and oxygen atoms in total. The molecular formula is C21H15F3N8O. The van der Waals surface area contributed by atoms with Crippen LogP contribution < -0.4 is 5.73 Å². The van der Waals surface area contributed by atoms with E-state index in [-0.39, 0.29) is 23.6 Å². The van der Waals surface area contributed by atoms with Gasteiger partial charge in [-0.05, 0) is 48.0 Å². The van der Waals surface area contributed by atoms with E-state index >= 15 is 0 Å². The van der Waals surface area contributed by atoms with Gasteiger partial charge in [-0.2, -0.15) is 13.6 Å². The first-order valence-electron chi connectivity index (χ1n) is 9.72. The van der Waals surface area contributed by atoms with Crippen molar-refractivity contribution in [1.82, 2.24) is 35.4 Å². The van der Waals surface area contributed by atoms with E-state index in [1.165, 1.54) is 4.80 Å². The van der Waals surface area contributed by atoms with Gasteiger partial charge in [0.15, 0.2) is 0 Å². The summed E-state index contributed by atoms with van der Waals surface area (Å²) in [6.07, 6.45) is -1.33. The Kier molecular flexibility index (Phi) is 4.96. The fraction of sp³-hybridized carbons (Fsp3) is 0.143. The van der Waals surface area contributed by atoms with Crippen LogP contribution in [0.5, 0.6) is 0 Å². The van der Waals surface area contributed by atoms with Crippen molar-refractivity contribution in [1.29, 1.82) is 0 Å². The van der Waals surface area contributed by atoms with Gasteiger partial charge in [0.2, 0.25) is 11.7 Å². The smallest absolute Gasteiger partial charge is 0.314 e. The van der Waals surface area contributed by atoms with Crippen LogP contribution in [0.2, 0.25) is 0 Å². The van der Waals surface area contributed by atoms with Gasteiger partial charge in [0, 0.05) is 22.1 Å². The molecule has 0 aliphatic carbocycles. The minimum absolute atomic E-state index is 0.00809. The molecular weight excluding hydrogens is 437 g/mol. The summed E-state index contributed by atoms with van der Waals surface area (Å²) in [5.41, 5.74) is 8.90.